The van der Waals surface area contributed by atoms with E-state index in [-0.39, 0.29) is 11.5 Å². The van der Waals surface area contributed by atoms with Crippen LogP contribution in [0.1, 0.15) is 11.1 Å². The summed E-state index contributed by atoms with van der Waals surface area (Å²) in [4.78, 5) is 0. The highest BCUT2D eigenvalue weighted by molar-refractivity contribution is 6.02. The summed E-state index contributed by atoms with van der Waals surface area (Å²) in [5.74, 6) is 0.285. The van der Waals surface area contributed by atoms with Gasteiger partial charge in [0.05, 0.1) is 12.8 Å². The molecule has 0 saturated carbocycles. The van der Waals surface area contributed by atoms with Crippen LogP contribution in [0, 0.1) is 0 Å². The van der Waals surface area contributed by atoms with E-state index in [1.54, 1.807) is 13.2 Å². The first kappa shape index (κ1) is 13.7. The van der Waals surface area contributed by atoms with Crippen molar-refractivity contribution in [3.63, 3.8) is 0 Å². The topological polar surface area (TPSA) is 82.3 Å². The summed E-state index contributed by atoms with van der Waals surface area (Å²) < 4.78 is 5.07. The summed E-state index contributed by atoms with van der Waals surface area (Å²) in [7, 11) is 1.59. The first-order chi connectivity index (χ1) is 9.63. The smallest absolute Gasteiger partial charge is 0.158 e. The molecule has 2 aromatic rings. The molecule has 2 rings (SSSR count). The lowest BCUT2D eigenvalue weighted by Crippen LogP contribution is -2.05. The maximum absolute atomic E-state index is 9.48. The molecule has 2 aromatic carbocycles. The molecule has 0 unspecified atom stereocenters. The second-order valence-electron chi connectivity index (χ2n) is 4.28. The molecule has 0 amide bonds. The molecule has 5 heteroatoms. The van der Waals surface area contributed by atoms with Gasteiger partial charge in [-0.15, -0.1) is 0 Å². The van der Waals surface area contributed by atoms with Gasteiger partial charge in [0.25, 0.3) is 0 Å². The Balaban J connectivity index is 2.22. The van der Waals surface area contributed by atoms with Gasteiger partial charge in [-0.3, -0.25) is 0 Å². The molecule has 0 bridgehead atoms. The van der Waals surface area contributed by atoms with Crippen molar-refractivity contribution in [3.05, 3.63) is 53.6 Å². The number of oxime groups is 1. The minimum atomic E-state index is -0.251. The SMILES string of the molecule is COc1ccc(C/C(=N/O)c2ccc(O)c(O)c2)cc1. The zero-order valence-electron chi connectivity index (χ0n) is 10.9. The van der Waals surface area contributed by atoms with E-state index in [1.807, 2.05) is 24.3 Å². The lowest BCUT2D eigenvalue weighted by Gasteiger charge is -2.07. The van der Waals surface area contributed by atoms with Crippen molar-refractivity contribution in [2.75, 3.05) is 7.11 Å². The average Bonchev–Trinajstić information content (AvgIpc) is 2.48. The van der Waals surface area contributed by atoms with Crippen LogP contribution in [0.3, 0.4) is 0 Å². The number of benzene rings is 2. The molecule has 0 saturated heterocycles. The fourth-order valence-electron chi connectivity index (χ4n) is 1.83. The Labute approximate surface area is 116 Å². The van der Waals surface area contributed by atoms with Crippen LogP contribution in [-0.4, -0.2) is 28.2 Å². The largest absolute Gasteiger partial charge is 0.504 e. The molecule has 0 atom stereocenters. The molecule has 104 valence electrons. The number of aromatic hydroxyl groups is 2. The molecule has 0 heterocycles. The van der Waals surface area contributed by atoms with E-state index >= 15 is 0 Å². The zero-order chi connectivity index (χ0) is 14.5. The predicted octanol–water partition coefficient (Wildman–Crippen LogP) is 2.53. The maximum atomic E-state index is 9.48. The van der Waals surface area contributed by atoms with Crippen LogP contribution >= 0.6 is 0 Å². The van der Waals surface area contributed by atoms with Crippen molar-refractivity contribution in [2.45, 2.75) is 6.42 Å². The molecule has 5 nitrogen and oxygen atoms in total. The van der Waals surface area contributed by atoms with Crippen molar-refractivity contribution >= 4 is 5.71 Å². The number of methoxy groups -OCH3 is 1. The van der Waals surface area contributed by atoms with E-state index in [1.165, 1.54) is 12.1 Å². The van der Waals surface area contributed by atoms with Gasteiger partial charge < -0.3 is 20.2 Å². The Kier molecular flexibility index (Phi) is 4.10. The quantitative estimate of drug-likeness (QED) is 0.346. The van der Waals surface area contributed by atoms with E-state index in [4.69, 9.17) is 9.94 Å². The van der Waals surface area contributed by atoms with Crippen LogP contribution in [-0.2, 0) is 6.42 Å². The molecule has 0 spiro atoms. The van der Waals surface area contributed by atoms with Gasteiger partial charge >= 0.3 is 0 Å². The molecule has 20 heavy (non-hydrogen) atoms. The molecule has 0 fully saturated rings. The number of phenols is 2. The third-order valence-corrected chi connectivity index (χ3v) is 2.96. The van der Waals surface area contributed by atoms with Crippen LogP contribution in [0.5, 0.6) is 17.2 Å². The van der Waals surface area contributed by atoms with Crippen molar-refractivity contribution in [3.8, 4) is 17.2 Å². The Morgan fingerprint density at radius 1 is 1.05 bits per heavy atom. The Bertz CT molecular complexity index is 620. The Hall–Kier alpha value is -2.69. The lowest BCUT2D eigenvalue weighted by molar-refractivity contribution is 0.318. The van der Waals surface area contributed by atoms with Gasteiger partial charge in [0.1, 0.15) is 5.75 Å². The third-order valence-electron chi connectivity index (χ3n) is 2.96. The molecular formula is C15H15NO4. The Morgan fingerprint density at radius 3 is 2.30 bits per heavy atom. The number of rotatable bonds is 4. The van der Waals surface area contributed by atoms with Gasteiger partial charge in [0, 0.05) is 12.0 Å². The number of ether oxygens (including phenoxy) is 1. The third kappa shape index (κ3) is 3.00. The number of phenolic OH excluding ortho intramolecular Hbond substituents is 2. The van der Waals surface area contributed by atoms with Gasteiger partial charge in [-0.2, -0.15) is 0 Å². The van der Waals surface area contributed by atoms with Gasteiger partial charge in [-0.25, -0.2) is 0 Å². The van der Waals surface area contributed by atoms with Crippen LogP contribution in [0.25, 0.3) is 0 Å². The number of hydrogen-bond donors (Lipinski definition) is 3. The number of hydrogen-bond acceptors (Lipinski definition) is 5. The van der Waals surface area contributed by atoms with Crippen molar-refractivity contribution in [1.29, 1.82) is 0 Å². The first-order valence-corrected chi connectivity index (χ1v) is 6.00. The van der Waals surface area contributed by atoms with Crippen LogP contribution in [0.4, 0.5) is 0 Å². The molecule has 0 radical (unpaired) electrons. The van der Waals surface area contributed by atoms with Crippen LogP contribution in [0.15, 0.2) is 47.6 Å². The standard InChI is InChI=1S/C15H15NO4/c1-20-12-5-2-10(3-6-12)8-13(16-19)11-4-7-14(17)15(18)9-11/h2-7,9,17-19H,8H2,1H3/b16-13-. The number of nitrogens with zero attached hydrogens (tertiary/aromatic N) is 1. The fraction of sp³-hybridized carbons (Fsp3) is 0.133. The summed E-state index contributed by atoms with van der Waals surface area (Å²) in [5, 5.41) is 31.1. The summed E-state index contributed by atoms with van der Waals surface area (Å²) in [5.41, 5.74) is 1.87. The van der Waals surface area contributed by atoms with Crippen LogP contribution in [0.2, 0.25) is 0 Å². The summed E-state index contributed by atoms with van der Waals surface area (Å²) in [6, 6.07) is 11.7. The van der Waals surface area contributed by atoms with Gasteiger partial charge in [-0.1, -0.05) is 17.3 Å². The van der Waals surface area contributed by atoms with E-state index in [2.05, 4.69) is 5.16 Å². The molecule has 3 N–H and O–H groups in total. The lowest BCUT2D eigenvalue weighted by atomic mass is 10.0. The van der Waals surface area contributed by atoms with Crippen molar-refractivity contribution in [1.82, 2.24) is 0 Å². The van der Waals surface area contributed by atoms with Crippen molar-refractivity contribution in [2.24, 2.45) is 5.16 Å². The normalized spacial score (nSPS) is 11.3. The fourth-order valence-corrected chi connectivity index (χ4v) is 1.83. The zero-order valence-corrected chi connectivity index (χ0v) is 10.9. The highest BCUT2D eigenvalue weighted by Crippen LogP contribution is 2.25. The minimum absolute atomic E-state index is 0.213. The van der Waals surface area contributed by atoms with Gasteiger partial charge in [-0.05, 0) is 35.9 Å². The minimum Gasteiger partial charge on any atom is -0.504 e. The van der Waals surface area contributed by atoms with Gasteiger partial charge in [0.15, 0.2) is 11.5 Å². The molecule has 0 aromatic heterocycles. The second-order valence-corrected chi connectivity index (χ2v) is 4.28. The monoisotopic (exact) mass is 273 g/mol. The van der Waals surface area contributed by atoms with E-state index < -0.39 is 0 Å². The molecule has 0 aliphatic heterocycles. The molecule has 0 aliphatic rings. The second kappa shape index (κ2) is 5.97. The highest BCUT2D eigenvalue weighted by atomic mass is 16.5. The first-order valence-electron chi connectivity index (χ1n) is 6.00. The van der Waals surface area contributed by atoms with E-state index in [9.17, 15) is 10.2 Å². The predicted molar refractivity (Wildman–Crippen MR) is 74.8 cm³/mol. The highest BCUT2D eigenvalue weighted by Gasteiger charge is 2.09. The van der Waals surface area contributed by atoms with E-state index in [0.717, 1.165) is 11.3 Å². The maximum Gasteiger partial charge on any atom is 0.158 e. The molecular weight excluding hydrogens is 258 g/mol. The van der Waals surface area contributed by atoms with E-state index in [0.29, 0.717) is 17.7 Å². The summed E-state index contributed by atoms with van der Waals surface area (Å²) in [6.07, 6.45) is 0.394. The van der Waals surface area contributed by atoms with Crippen molar-refractivity contribution < 1.29 is 20.2 Å². The van der Waals surface area contributed by atoms with Crippen LogP contribution < -0.4 is 4.74 Å². The summed E-state index contributed by atoms with van der Waals surface area (Å²) >= 11 is 0. The molecule has 0 aliphatic carbocycles. The Morgan fingerprint density at radius 2 is 1.75 bits per heavy atom. The van der Waals surface area contributed by atoms with Gasteiger partial charge in [0.2, 0.25) is 0 Å². The summed E-state index contributed by atoms with van der Waals surface area (Å²) in [6.45, 7) is 0. The average molecular weight is 273 g/mol.